The van der Waals surface area contributed by atoms with Gasteiger partial charge in [-0.05, 0) is 36.4 Å². The summed E-state index contributed by atoms with van der Waals surface area (Å²) in [5.41, 5.74) is 1.84. The smallest absolute Gasteiger partial charge is 0.414 e. The highest BCUT2D eigenvalue weighted by atomic mass is 16.6. The van der Waals surface area contributed by atoms with Crippen LogP contribution in [0, 0.1) is 0 Å². The summed E-state index contributed by atoms with van der Waals surface area (Å²) in [6.07, 6.45) is 2.62. The van der Waals surface area contributed by atoms with E-state index in [1.165, 1.54) is 11.0 Å². The topological polar surface area (TPSA) is 77.1 Å². The number of carbonyl (C=O) groups excluding carboxylic acids is 2. The SMILES string of the molecule is COc1ccc(OC)c(/C=C/C(=O)Nc2ccccc2N2CCOC2=O)c1. The van der Waals surface area contributed by atoms with E-state index >= 15 is 0 Å². The maximum Gasteiger partial charge on any atom is 0.414 e. The van der Waals surface area contributed by atoms with Gasteiger partial charge in [0.15, 0.2) is 0 Å². The predicted molar refractivity (Wildman–Crippen MR) is 102 cm³/mol. The van der Waals surface area contributed by atoms with Crippen molar-refractivity contribution in [1.29, 1.82) is 0 Å². The van der Waals surface area contributed by atoms with Gasteiger partial charge in [-0.2, -0.15) is 0 Å². The Balaban J connectivity index is 1.77. The van der Waals surface area contributed by atoms with Gasteiger partial charge in [0.05, 0.1) is 32.1 Å². The third kappa shape index (κ3) is 4.20. The average Bonchev–Trinajstić information content (AvgIpc) is 3.12. The second-order valence-electron chi connectivity index (χ2n) is 5.71. The van der Waals surface area contributed by atoms with E-state index in [2.05, 4.69) is 5.32 Å². The molecule has 1 N–H and O–H groups in total. The van der Waals surface area contributed by atoms with Gasteiger partial charge in [-0.3, -0.25) is 9.69 Å². The fourth-order valence-corrected chi connectivity index (χ4v) is 2.74. The number of carbonyl (C=O) groups is 2. The Bertz CT molecular complexity index is 878. The molecule has 7 nitrogen and oxygen atoms in total. The van der Waals surface area contributed by atoms with E-state index in [1.807, 2.05) is 0 Å². The summed E-state index contributed by atoms with van der Waals surface area (Å²) >= 11 is 0. The predicted octanol–water partition coefficient (Wildman–Crippen LogP) is 3.31. The van der Waals surface area contributed by atoms with Gasteiger partial charge in [-0.25, -0.2) is 4.79 Å². The molecule has 140 valence electrons. The van der Waals surface area contributed by atoms with E-state index in [4.69, 9.17) is 14.2 Å². The molecule has 0 unspecified atom stereocenters. The Kier molecular flexibility index (Phi) is 5.61. The van der Waals surface area contributed by atoms with Crippen molar-refractivity contribution in [3.63, 3.8) is 0 Å². The first-order valence-electron chi connectivity index (χ1n) is 8.37. The van der Waals surface area contributed by atoms with Crippen molar-refractivity contribution in [2.24, 2.45) is 0 Å². The minimum absolute atomic E-state index is 0.330. The van der Waals surface area contributed by atoms with Crippen molar-refractivity contribution in [3.8, 4) is 11.5 Å². The Labute approximate surface area is 157 Å². The van der Waals surface area contributed by atoms with Crippen molar-refractivity contribution >= 4 is 29.5 Å². The molecule has 0 spiro atoms. The van der Waals surface area contributed by atoms with Gasteiger partial charge in [0.2, 0.25) is 5.91 Å². The normalized spacial score (nSPS) is 13.6. The number of benzene rings is 2. The van der Waals surface area contributed by atoms with Crippen molar-refractivity contribution in [2.45, 2.75) is 0 Å². The van der Waals surface area contributed by atoms with Crippen molar-refractivity contribution in [3.05, 3.63) is 54.1 Å². The summed E-state index contributed by atoms with van der Waals surface area (Å²) < 4.78 is 15.5. The second kappa shape index (κ2) is 8.27. The first-order valence-corrected chi connectivity index (χ1v) is 8.37. The first-order chi connectivity index (χ1) is 13.1. The van der Waals surface area contributed by atoms with Crippen LogP contribution in [0.2, 0.25) is 0 Å². The van der Waals surface area contributed by atoms with Gasteiger partial charge < -0.3 is 19.5 Å². The lowest BCUT2D eigenvalue weighted by molar-refractivity contribution is -0.111. The van der Waals surface area contributed by atoms with Crippen LogP contribution in [0.1, 0.15) is 5.56 Å². The number of rotatable bonds is 6. The average molecular weight is 368 g/mol. The third-order valence-corrected chi connectivity index (χ3v) is 4.06. The molecule has 27 heavy (non-hydrogen) atoms. The molecule has 0 aliphatic carbocycles. The molecule has 2 aromatic rings. The standard InChI is InChI=1S/C20H20N2O5/c1-25-15-8-9-18(26-2)14(13-15)7-10-19(23)21-16-5-3-4-6-17(16)22-11-12-27-20(22)24/h3-10,13H,11-12H2,1-2H3,(H,21,23)/b10-7+. The molecule has 0 atom stereocenters. The molecule has 0 radical (unpaired) electrons. The van der Waals surface area contributed by atoms with E-state index in [1.54, 1.807) is 62.8 Å². The summed E-state index contributed by atoms with van der Waals surface area (Å²) in [5, 5.41) is 2.80. The van der Waals surface area contributed by atoms with Crippen LogP contribution in [-0.2, 0) is 9.53 Å². The Hall–Kier alpha value is -3.48. The molecule has 0 aromatic heterocycles. The van der Waals surface area contributed by atoms with E-state index in [9.17, 15) is 9.59 Å². The van der Waals surface area contributed by atoms with Crippen molar-refractivity contribution in [1.82, 2.24) is 0 Å². The van der Waals surface area contributed by atoms with E-state index < -0.39 is 6.09 Å². The fourth-order valence-electron chi connectivity index (χ4n) is 2.74. The Morgan fingerprint density at radius 2 is 2.00 bits per heavy atom. The number of amides is 2. The molecule has 0 bridgehead atoms. The van der Waals surface area contributed by atoms with E-state index in [-0.39, 0.29) is 5.91 Å². The van der Waals surface area contributed by atoms with Crippen LogP contribution in [-0.4, -0.2) is 39.4 Å². The number of cyclic esters (lactones) is 1. The number of nitrogens with one attached hydrogen (secondary N) is 1. The molecular formula is C20H20N2O5. The highest BCUT2D eigenvalue weighted by Gasteiger charge is 2.25. The molecule has 1 heterocycles. The zero-order valence-corrected chi connectivity index (χ0v) is 15.1. The third-order valence-electron chi connectivity index (χ3n) is 4.06. The van der Waals surface area contributed by atoms with Crippen molar-refractivity contribution < 1.29 is 23.8 Å². The first kappa shape index (κ1) is 18.3. The Morgan fingerprint density at radius 3 is 2.70 bits per heavy atom. The van der Waals surface area contributed by atoms with Gasteiger partial charge in [-0.1, -0.05) is 12.1 Å². The molecule has 1 saturated heterocycles. The highest BCUT2D eigenvalue weighted by molar-refractivity contribution is 6.05. The lowest BCUT2D eigenvalue weighted by Gasteiger charge is -2.17. The summed E-state index contributed by atoms with van der Waals surface area (Å²) in [6.45, 7) is 0.777. The summed E-state index contributed by atoms with van der Waals surface area (Å²) in [6, 6.07) is 12.4. The van der Waals surface area contributed by atoms with E-state index in [0.717, 1.165) is 0 Å². The van der Waals surface area contributed by atoms with Gasteiger partial charge >= 0.3 is 6.09 Å². The molecule has 1 aliphatic rings. The zero-order valence-electron chi connectivity index (χ0n) is 15.1. The molecule has 1 fully saturated rings. The quantitative estimate of drug-likeness (QED) is 0.792. The summed E-state index contributed by atoms with van der Waals surface area (Å²) in [7, 11) is 3.13. The van der Waals surface area contributed by atoms with Gasteiger partial charge in [0.25, 0.3) is 0 Å². The van der Waals surface area contributed by atoms with Crippen LogP contribution >= 0.6 is 0 Å². The lowest BCUT2D eigenvalue weighted by Crippen LogP contribution is -2.25. The zero-order chi connectivity index (χ0) is 19.2. The number of hydrogen-bond donors (Lipinski definition) is 1. The molecule has 3 rings (SSSR count). The minimum atomic E-state index is -0.423. The largest absolute Gasteiger partial charge is 0.497 e. The highest BCUT2D eigenvalue weighted by Crippen LogP contribution is 2.28. The molecule has 0 saturated carbocycles. The molecule has 2 aromatic carbocycles. The van der Waals surface area contributed by atoms with Crippen LogP contribution in [0.5, 0.6) is 11.5 Å². The van der Waals surface area contributed by atoms with Crippen LogP contribution < -0.4 is 19.7 Å². The molecule has 2 amide bonds. The number of nitrogens with zero attached hydrogens (tertiary/aromatic N) is 1. The van der Waals surface area contributed by atoms with Crippen LogP contribution in [0.15, 0.2) is 48.5 Å². The summed E-state index contributed by atoms with van der Waals surface area (Å²) in [4.78, 5) is 25.7. The maximum atomic E-state index is 12.4. The monoisotopic (exact) mass is 368 g/mol. The van der Waals surface area contributed by atoms with Gasteiger partial charge in [0.1, 0.15) is 18.1 Å². The molecular weight excluding hydrogens is 348 g/mol. The lowest BCUT2D eigenvalue weighted by atomic mass is 10.1. The van der Waals surface area contributed by atoms with E-state index in [0.29, 0.717) is 41.6 Å². The number of anilines is 2. The van der Waals surface area contributed by atoms with Crippen LogP contribution in [0.4, 0.5) is 16.2 Å². The number of hydrogen-bond acceptors (Lipinski definition) is 5. The molecule has 7 heteroatoms. The second-order valence-corrected chi connectivity index (χ2v) is 5.71. The molecule has 1 aliphatic heterocycles. The summed E-state index contributed by atoms with van der Waals surface area (Å²) in [5.74, 6) is 0.952. The van der Waals surface area contributed by atoms with Gasteiger partial charge in [-0.15, -0.1) is 0 Å². The Morgan fingerprint density at radius 1 is 1.19 bits per heavy atom. The van der Waals surface area contributed by atoms with Gasteiger partial charge in [0, 0.05) is 11.6 Å². The number of para-hydroxylation sites is 2. The number of ether oxygens (including phenoxy) is 3. The fraction of sp³-hybridized carbons (Fsp3) is 0.200. The van der Waals surface area contributed by atoms with Crippen molar-refractivity contribution in [2.75, 3.05) is 37.6 Å². The minimum Gasteiger partial charge on any atom is -0.497 e. The maximum absolute atomic E-state index is 12.4. The number of methoxy groups -OCH3 is 2. The van der Waals surface area contributed by atoms with Crippen LogP contribution in [0.3, 0.4) is 0 Å². The van der Waals surface area contributed by atoms with Crippen LogP contribution in [0.25, 0.3) is 6.08 Å².